The van der Waals surface area contributed by atoms with Gasteiger partial charge in [-0.25, -0.2) is 8.42 Å². The van der Waals surface area contributed by atoms with E-state index < -0.39 is 28.5 Å². The number of carbonyl (C=O) groups excluding carboxylic acids is 2. The standard InChI is InChI=1S/C32H35Cl2N3O6S/c1-2-28(32(39)35-22-9-6-7-10-22)36(20-25-26(33)13-8-14-27(25)34)31(38)21-37(44(40,41)24-11-4-3-5-12-24)23-15-16-29-30(19-23)43-18-17-42-29/h3-5,8,11-16,19,22,28H,2,6-7,9-10,17-18,20-21H2,1H3,(H,35,39)/t28-/m1/s1. The number of ether oxygens (including phenoxy) is 2. The van der Waals surface area contributed by atoms with Crippen LogP contribution in [0.25, 0.3) is 0 Å². The van der Waals surface area contributed by atoms with Gasteiger partial charge < -0.3 is 19.7 Å². The Morgan fingerprint density at radius 2 is 1.59 bits per heavy atom. The van der Waals surface area contributed by atoms with Crippen LogP contribution in [-0.4, -0.2) is 57.0 Å². The molecule has 5 rings (SSSR count). The van der Waals surface area contributed by atoms with E-state index in [1.54, 1.807) is 54.6 Å². The molecule has 12 heteroatoms. The van der Waals surface area contributed by atoms with E-state index in [4.69, 9.17) is 32.7 Å². The lowest BCUT2D eigenvalue weighted by Crippen LogP contribution is -2.53. The average Bonchev–Trinajstić information content (AvgIpc) is 3.54. The summed E-state index contributed by atoms with van der Waals surface area (Å²) in [5, 5.41) is 3.76. The second-order valence-corrected chi connectivity index (χ2v) is 13.5. The van der Waals surface area contributed by atoms with Crippen molar-refractivity contribution in [3.05, 3.63) is 82.3 Å². The molecule has 0 bridgehead atoms. The fraction of sp³-hybridized carbons (Fsp3) is 0.375. The van der Waals surface area contributed by atoms with Gasteiger partial charge in [0.1, 0.15) is 25.8 Å². The third-order valence-electron chi connectivity index (χ3n) is 7.90. The first-order valence-electron chi connectivity index (χ1n) is 14.7. The van der Waals surface area contributed by atoms with Crippen LogP contribution in [-0.2, 0) is 26.2 Å². The molecule has 0 unspecified atom stereocenters. The summed E-state index contributed by atoms with van der Waals surface area (Å²) in [7, 11) is -4.23. The largest absolute Gasteiger partial charge is 0.486 e. The Bertz CT molecular complexity index is 1580. The number of anilines is 1. The molecule has 1 fully saturated rings. The zero-order valence-electron chi connectivity index (χ0n) is 24.4. The molecule has 9 nitrogen and oxygen atoms in total. The zero-order valence-corrected chi connectivity index (χ0v) is 26.7. The number of sulfonamides is 1. The van der Waals surface area contributed by atoms with E-state index in [2.05, 4.69) is 5.32 Å². The number of nitrogens with zero attached hydrogens (tertiary/aromatic N) is 2. The van der Waals surface area contributed by atoms with Gasteiger partial charge in [0.25, 0.3) is 10.0 Å². The Balaban J connectivity index is 1.54. The molecule has 1 atom stereocenters. The van der Waals surface area contributed by atoms with Crippen molar-refractivity contribution in [2.24, 2.45) is 0 Å². The van der Waals surface area contributed by atoms with Crippen LogP contribution >= 0.6 is 23.2 Å². The third-order valence-corrected chi connectivity index (χ3v) is 10.4. The highest BCUT2D eigenvalue weighted by atomic mass is 35.5. The molecule has 0 saturated heterocycles. The molecule has 1 aliphatic heterocycles. The SMILES string of the molecule is CC[C@H](C(=O)NC1CCCC1)N(Cc1c(Cl)cccc1Cl)C(=O)CN(c1ccc2c(c1)OCCO2)S(=O)(=O)c1ccccc1. The Morgan fingerprint density at radius 3 is 2.25 bits per heavy atom. The molecule has 1 aliphatic carbocycles. The van der Waals surface area contributed by atoms with Gasteiger partial charge in [0.05, 0.1) is 10.6 Å². The first kappa shape index (κ1) is 31.9. The Morgan fingerprint density at radius 1 is 0.932 bits per heavy atom. The summed E-state index contributed by atoms with van der Waals surface area (Å²) in [5.41, 5.74) is 0.679. The minimum Gasteiger partial charge on any atom is -0.486 e. The molecule has 44 heavy (non-hydrogen) atoms. The molecule has 0 spiro atoms. The van der Waals surface area contributed by atoms with Crippen molar-refractivity contribution >= 4 is 50.7 Å². The quantitative estimate of drug-likeness (QED) is 0.278. The summed E-state index contributed by atoms with van der Waals surface area (Å²) in [6.45, 7) is 1.81. The highest BCUT2D eigenvalue weighted by molar-refractivity contribution is 7.92. The first-order chi connectivity index (χ1) is 21.2. The summed E-state index contributed by atoms with van der Waals surface area (Å²) < 4.78 is 40.6. The number of hydrogen-bond donors (Lipinski definition) is 1. The number of carbonyl (C=O) groups is 2. The number of halogens is 2. The van der Waals surface area contributed by atoms with E-state index in [1.807, 2.05) is 6.92 Å². The van der Waals surface area contributed by atoms with Crippen molar-refractivity contribution < 1.29 is 27.5 Å². The number of fused-ring (bicyclic) bond motifs is 1. The lowest BCUT2D eigenvalue weighted by Gasteiger charge is -2.34. The van der Waals surface area contributed by atoms with Crippen molar-refractivity contribution in [1.82, 2.24) is 10.2 Å². The van der Waals surface area contributed by atoms with E-state index >= 15 is 0 Å². The van der Waals surface area contributed by atoms with Gasteiger partial charge in [-0.1, -0.05) is 67.2 Å². The molecule has 0 radical (unpaired) electrons. The monoisotopic (exact) mass is 659 g/mol. The van der Waals surface area contributed by atoms with Crippen molar-refractivity contribution in [3.8, 4) is 11.5 Å². The molecular weight excluding hydrogens is 625 g/mol. The topological polar surface area (TPSA) is 105 Å². The van der Waals surface area contributed by atoms with Crippen LogP contribution in [0.15, 0.2) is 71.6 Å². The van der Waals surface area contributed by atoms with Crippen molar-refractivity contribution in [3.63, 3.8) is 0 Å². The van der Waals surface area contributed by atoms with Crippen LogP contribution in [0.2, 0.25) is 10.0 Å². The highest BCUT2D eigenvalue weighted by Crippen LogP contribution is 2.36. The van der Waals surface area contributed by atoms with Crippen molar-refractivity contribution in [2.45, 2.75) is 62.6 Å². The maximum absolute atomic E-state index is 14.4. The maximum atomic E-state index is 14.4. The molecular formula is C32H35Cl2N3O6S. The van der Waals surface area contributed by atoms with E-state index in [-0.39, 0.29) is 29.1 Å². The molecule has 1 N–H and O–H groups in total. The molecule has 234 valence electrons. The van der Waals surface area contributed by atoms with Crippen molar-refractivity contribution in [1.29, 1.82) is 0 Å². The van der Waals surface area contributed by atoms with Gasteiger partial charge in [-0.15, -0.1) is 0 Å². The summed E-state index contributed by atoms with van der Waals surface area (Å²) in [6.07, 6.45) is 4.10. The van der Waals surface area contributed by atoms with Crippen LogP contribution in [0.3, 0.4) is 0 Å². The Labute approximate surface area is 268 Å². The van der Waals surface area contributed by atoms with E-state index in [9.17, 15) is 18.0 Å². The van der Waals surface area contributed by atoms with Gasteiger partial charge >= 0.3 is 0 Å². The summed E-state index contributed by atoms with van der Waals surface area (Å²) in [5.74, 6) is -0.0407. The average molecular weight is 661 g/mol. The number of rotatable bonds is 11. The minimum absolute atomic E-state index is 0.00871. The number of nitrogens with one attached hydrogen (secondary N) is 1. The lowest BCUT2D eigenvalue weighted by molar-refractivity contribution is -0.140. The summed E-state index contributed by atoms with van der Waals surface area (Å²) >= 11 is 13.0. The van der Waals surface area contributed by atoms with Crippen LogP contribution in [0.5, 0.6) is 11.5 Å². The molecule has 1 saturated carbocycles. The van der Waals surface area contributed by atoms with Gasteiger partial charge in [0.15, 0.2) is 11.5 Å². The Kier molecular flexibility index (Phi) is 10.2. The second-order valence-electron chi connectivity index (χ2n) is 10.8. The van der Waals surface area contributed by atoms with Gasteiger partial charge in [-0.05, 0) is 55.7 Å². The van der Waals surface area contributed by atoms with Crippen LogP contribution in [0.4, 0.5) is 5.69 Å². The van der Waals surface area contributed by atoms with Gasteiger partial charge in [0.2, 0.25) is 11.8 Å². The predicted octanol–water partition coefficient (Wildman–Crippen LogP) is 5.83. The zero-order chi connectivity index (χ0) is 31.3. The van der Waals surface area contributed by atoms with Crippen LogP contribution in [0.1, 0.15) is 44.6 Å². The van der Waals surface area contributed by atoms with Gasteiger partial charge in [0, 0.05) is 34.3 Å². The second kappa shape index (κ2) is 14.1. The third kappa shape index (κ3) is 7.08. The van der Waals surface area contributed by atoms with Gasteiger partial charge in [-0.2, -0.15) is 0 Å². The highest BCUT2D eigenvalue weighted by Gasteiger charge is 2.35. The van der Waals surface area contributed by atoms with E-state index in [0.29, 0.717) is 46.7 Å². The van der Waals surface area contributed by atoms with Crippen molar-refractivity contribution in [2.75, 3.05) is 24.1 Å². The molecule has 1 heterocycles. The Hall–Kier alpha value is -3.47. The lowest BCUT2D eigenvalue weighted by atomic mass is 10.1. The molecule has 3 aromatic carbocycles. The fourth-order valence-electron chi connectivity index (χ4n) is 5.58. The number of hydrogen-bond acceptors (Lipinski definition) is 6. The summed E-state index contributed by atoms with van der Waals surface area (Å²) in [6, 6.07) is 16.8. The minimum atomic E-state index is -4.23. The van der Waals surface area contributed by atoms with Crippen LogP contribution < -0.4 is 19.1 Å². The molecule has 2 amide bonds. The fourth-order valence-corrected chi connectivity index (χ4v) is 7.52. The van der Waals surface area contributed by atoms with Gasteiger partial charge in [-0.3, -0.25) is 13.9 Å². The summed E-state index contributed by atoms with van der Waals surface area (Å²) in [4.78, 5) is 29.4. The van der Waals surface area contributed by atoms with E-state index in [1.165, 1.54) is 17.0 Å². The number of amides is 2. The van der Waals surface area contributed by atoms with E-state index in [0.717, 1.165) is 30.0 Å². The number of benzene rings is 3. The smallest absolute Gasteiger partial charge is 0.264 e. The molecule has 0 aromatic heterocycles. The first-order valence-corrected chi connectivity index (χ1v) is 16.9. The normalized spacial score (nSPS) is 15.4. The molecule has 2 aliphatic rings. The maximum Gasteiger partial charge on any atom is 0.264 e. The van der Waals surface area contributed by atoms with Crippen LogP contribution in [0, 0.1) is 0 Å². The molecule has 3 aromatic rings. The predicted molar refractivity (Wildman–Crippen MR) is 170 cm³/mol.